The number of carbonyl (C=O) groups excluding carboxylic acids is 2. The molecule has 12 nitrogen and oxygen atoms in total. The van der Waals surface area contributed by atoms with Gasteiger partial charge < -0.3 is 18.9 Å². The molecule has 0 bridgehead atoms. The first-order valence-corrected chi connectivity index (χ1v) is 17.0. The van der Waals surface area contributed by atoms with Gasteiger partial charge in [-0.3, -0.25) is 19.5 Å². The molecule has 5 rings (SSSR count). The predicted octanol–water partition coefficient (Wildman–Crippen LogP) is 5.62. The minimum Gasteiger partial charge on any atom is -0.494 e. The van der Waals surface area contributed by atoms with Gasteiger partial charge in [0.2, 0.25) is 5.75 Å². The molecule has 2 heterocycles. The molecule has 1 atom stereocenters. The molecule has 0 radical (unpaired) electrons. The number of halogens is 1. The molecule has 1 aromatic heterocycles. The number of thiazole rings is 1. The summed E-state index contributed by atoms with van der Waals surface area (Å²) in [7, 11) is 0. The van der Waals surface area contributed by atoms with Crippen molar-refractivity contribution in [1.29, 1.82) is 0 Å². The molecule has 49 heavy (non-hydrogen) atoms. The molecule has 0 saturated carbocycles. The summed E-state index contributed by atoms with van der Waals surface area (Å²) in [6.45, 7) is 7.87. The van der Waals surface area contributed by atoms with Crippen molar-refractivity contribution >= 4 is 51.0 Å². The summed E-state index contributed by atoms with van der Waals surface area (Å²) in [5.41, 5.74) is 2.00. The van der Waals surface area contributed by atoms with E-state index in [-0.39, 0.29) is 41.4 Å². The van der Waals surface area contributed by atoms with E-state index in [4.69, 9.17) is 18.9 Å². The van der Waals surface area contributed by atoms with Crippen LogP contribution >= 0.6 is 27.3 Å². The molecule has 0 aliphatic carbocycles. The van der Waals surface area contributed by atoms with Crippen molar-refractivity contribution in [3.63, 3.8) is 0 Å². The van der Waals surface area contributed by atoms with Gasteiger partial charge in [0.15, 0.2) is 4.80 Å². The van der Waals surface area contributed by atoms with Crippen molar-refractivity contribution < 1.29 is 33.5 Å². The monoisotopic (exact) mass is 749 g/mol. The fourth-order valence-corrected chi connectivity index (χ4v) is 6.87. The minimum atomic E-state index is -0.823. The van der Waals surface area contributed by atoms with Gasteiger partial charge in [0.1, 0.15) is 12.4 Å². The number of benzene rings is 3. The van der Waals surface area contributed by atoms with E-state index < -0.39 is 28.5 Å². The first-order chi connectivity index (χ1) is 23.6. The minimum absolute atomic E-state index is 0.00304. The number of allylic oxidation sites excluding steroid dienone is 1. The zero-order chi connectivity index (χ0) is 35.2. The van der Waals surface area contributed by atoms with Crippen molar-refractivity contribution in [2.75, 3.05) is 19.8 Å². The Morgan fingerprint density at radius 3 is 2.29 bits per heavy atom. The fourth-order valence-electron chi connectivity index (χ4n) is 5.24. The third-order valence-corrected chi connectivity index (χ3v) is 8.98. The number of ether oxygens (including phenoxy) is 4. The van der Waals surface area contributed by atoms with Gasteiger partial charge in [-0.25, -0.2) is 14.6 Å². The molecule has 4 aromatic rings. The summed E-state index contributed by atoms with van der Waals surface area (Å²) >= 11 is 4.51. The van der Waals surface area contributed by atoms with E-state index in [9.17, 15) is 24.5 Å². The van der Waals surface area contributed by atoms with Crippen LogP contribution < -0.4 is 24.4 Å². The van der Waals surface area contributed by atoms with Crippen molar-refractivity contribution in [2.45, 2.75) is 40.3 Å². The topological polar surface area (TPSA) is 149 Å². The third-order valence-electron chi connectivity index (χ3n) is 7.41. The zero-order valence-corrected chi connectivity index (χ0v) is 29.5. The van der Waals surface area contributed by atoms with Crippen LogP contribution in [0.25, 0.3) is 6.08 Å². The van der Waals surface area contributed by atoms with Crippen LogP contribution in [0.15, 0.2) is 86.2 Å². The largest absolute Gasteiger partial charge is 0.494 e. The molecule has 14 heteroatoms. The molecule has 1 aliphatic rings. The van der Waals surface area contributed by atoms with Crippen molar-refractivity contribution in [1.82, 2.24) is 4.57 Å². The second-order valence-electron chi connectivity index (χ2n) is 10.6. The van der Waals surface area contributed by atoms with Crippen molar-refractivity contribution in [3.8, 4) is 11.5 Å². The Morgan fingerprint density at radius 1 is 0.980 bits per heavy atom. The highest BCUT2D eigenvalue weighted by Crippen LogP contribution is 2.37. The molecule has 0 amide bonds. The predicted molar refractivity (Wildman–Crippen MR) is 186 cm³/mol. The number of hydrogen-bond donors (Lipinski definition) is 0. The standard InChI is InChI=1S/C35H32BrN3O9S/c1-5-45-25-14-12-23(13-15-25)30-29(34(42)47-7-3)20(4)37-35-38(30)32(40)28(49-35)18-22-16-26(36)31(27(17-22)39(43)44)48-19-21-8-10-24(11-9-21)33(41)46-6-2/h8-18,30H,5-7,19H2,1-4H3/b28-18-/t30-/m0/s1. The number of rotatable bonds is 12. The molecule has 0 N–H and O–H groups in total. The first-order valence-electron chi connectivity index (χ1n) is 15.3. The lowest BCUT2D eigenvalue weighted by Crippen LogP contribution is -2.39. The van der Waals surface area contributed by atoms with E-state index in [2.05, 4.69) is 20.9 Å². The Bertz CT molecular complexity index is 2120. The number of nitro groups is 1. The van der Waals surface area contributed by atoms with Crippen LogP contribution in [0, 0.1) is 10.1 Å². The van der Waals surface area contributed by atoms with Gasteiger partial charge in [-0.2, -0.15) is 0 Å². The Kier molecular flexibility index (Phi) is 11.1. The lowest BCUT2D eigenvalue weighted by molar-refractivity contribution is -0.386. The van der Waals surface area contributed by atoms with Gasteiger partial charge in [-0.15, -0.1) is 0 Å². The average Bonchev–Trinajstić information content (AvgIpc) is 3.37. The highest BCUT2D eigenvalue weighted by atomic mass is 79.9. The van der Waals surface area contributed by atoms with Gasteiger partial charge >= 0.3 is 17.6 Å². The van der Waals surface area contributed by atoms with Crippen molar-refractivity contribution in [2.24, 2.45) is 4.99 Å². The van der Waals surface area contributed by atoms with Crippen LogP contribution in [0.2, 0.25) is 0 Å². The van der Waals surface area contributed by atoms with E-state index >= 15 is 0 Å². The maximum absolute atomic E-state index is 14.0. The smallest absolute Gasteiger partial charge is 0.338 e. The van der Waals surface area contributed by atoms with Crippen LogP contribution in [-0.4, -0.2) is 41.2 Å². The molecule has 1 aliphatic heterocycles. The first kappa shape index (κ1) is 35.2. The second kappa shape index (κ2) is 15.4. The van der Waals surface area contributed by atoms with E-state index in [1.54, 1.807) is 75.4 Å². The molecule has 0 fully saturated rings. The lowest BCUT2D eigenvalue weighted by Gasteiger charge is -2.24. The van der Waals surface area contributed by atoms with Gasteiger partial charge in [-0.1, -0.05) is 35.6 Å². The van der Waals surface area contributed by atoms with Gasteiger partial charge in [0, 0.05) is 6.07 Å². The Labute approximate surface area is 293 Å². The maximum atomic E-state index is 14.0. The van der Waals surface area contributed by atoms with Crippen LogP contribution in [0.4, 0.5) is 5.69 Å². The summed E-state index contributed by atoms with van der Waals surface area (Å²) in [6, 6.07) is 15.8. The van der Waals surface area contributed by atoms with Crippen LogP contribution in [-0.2, 0) is 20.9 Å². The van der Waals surface area contributed by atoms with Crippen LogP contribution in [0.3, 0.4) is 0 Å². The normalized spacial score (nSPS) is 14.1. The molecular weight excluding hydrogens is 718 g/mol. The summed E-state index contributed by atoms with van der Waals surface area (Å²) < 4.78 is 23.8. The zero-order valence-electron chi connectivity index (χ0n) is 27.1. The summed E-state index contributed by atoms with van der Waals surface area (Å²) in [6.07, 6.45) is 1.54. The molecule has 0 spiro atoms. The molecule has 0 saturated heterocycles. The fraction of sp³-hybridized carbons (Fsp3) is 0.257. The summed E-state index contributed by atoms with van der Waals surface area (Å²) in [4.78, 5) is 55.7. The number of hydrogen-bond acceptors (Lipinski definition) is 11. The van der Waals surface area contributed by atoms with E-state index in [1.165, 1.54) is 16.7 Å². The molecule has 254 valence electrons. The summed E-state index contributed by atoms with van der Waals surface area (Å²) in [5.74, 6) is -0.383. The SMILES string of the molecule is CCOC(=O)C1=C(C)N=c2s/c(=C\c3cc(Br)c(OCc4ccc(C(=O)OCC)cc4)c([N+](=O)[O-])c3)c(=O)n2[C@H]1c1ccc(OCC)cc1. The van der Waals surface area contributed by atoms with E-state index in [1.807, 2.05) is 6.92 Å². The number of nitro benzene ring substituents is 1. The lowest BCUT2D eigenvalue weighted by atomic mass is 9.96. The van der Waals surface area contributed by atoms with Crippen LogP contribution in [0.1, 0.15) is 60.8 Å². The Hall–Kier alpha value is -5.08. The quantitative estimate of drug-likeness (QED) is 0.102. The highest BCUT2D eigenvalue weighted by molar-refractivity contribution is 9.10. The third kappa shape index (κ3) is 7.65. The Balaban J connectivity index is 1.52. The number of fused-ring (bicyclic) bond motifs is 1. The molecule has 3 aromatic carbocycles. The number of esters is 2. The number of carbonyl (C=O) groups is 2. The van der Waals surface area contributed by atoms with E-state index in [0.717, 1.165) is 11.3 Å². The Morgan fingerprint density at radius 2 is 1.65 bits per heavy atom. The number of nitrogens with zero attached hydrogens (tertiary/aromatic N) is 3. The second-order valence-corrected chi connectivity index (χ2v) is 12.5. The molecular formula is C35H32BrN3O9S. The van der Waals surface area contributed by atoms with Gasteiger partial charge in [0.05, 0.1) is 56.6 Å². The van der Waals surface area contributed by atoms with Gasteiger partial charge in [-0.05, 0) is 96.7 Å². The van der Waals surface area contributed by atoms with Crippen LogP contribution in [0.5, 0.6) is 11.5 Å². The van der Waals surface area contributed by atoms with Gasteiger partial charge in [0.25, 0.3) is 5.56 Å². The molecule has 0 unspecified atom stereocenters. The number of aromatic nitrogens is 1. The average molecular weight is 751 g/mol. The highest BCUT2D eigenvalue weighted by Gasteiger charge is 2.33. The maximum Gasteiger partial charge on any atom is 0.338 e. The summed E-state index contributed by atoms with van der Waals surface area (Å²) in [5, 5.41) is 12.2. The van der Waals surface area contributed by atoms with E-state index in [0.29, 0.717) is 49.6 Å². The van der Waals surface area contributed by atoms with Crippen molar-refractivity contribution in [3.05, 3.63) is 128 Å².